The second kappa shape index (κ2) is 11.1. The number of alkyl carbamates (subject to hydrolysis) is 1. The number of amides is 3. The molecule has 0 saturated heterocycles. The molecule has 0 unspecified atom stereocenters. The highest BCUT2D eigenvalue weighted by molar-refractivity contribution is 6.07. The molecular weight excluding hydrogens is 430 g/mol. The summed E-state index contributed by atoms with van der Waals surface area (Å²) in [6.07, 6.45) is -0.520. The summed E-state index contributed by atoms with van der Waals surface area (Å²) in [5.41, 5.74) is 2.94. The van der Waals surface area contributed by atoms with E-state index in [0.29, 0.717) is 16.9 Å². The van der Waals surface area contributed by atoms with Crippen LogP contribution in [0.3, 0.4) is 0 Å². The van der Waals surface area contributed by atoms with Gasteiger partial charge in [0.05, 0.1) is 11.4 Å². The number of anilines is 2. The van der Waals surface area contributed by atoms with Crippen molar-refractivity contribution < 1.29 is 19.1 Å². The van der Waals surface area contributed by atoms with Crippen molar-refractivity contribution >= 4 is 29.3 Å². The van der Waals surface area contributed by atoms with Crippen molar-refractivity contribution in [3.8, 4) is 11.1 Å². The minimum absolute atomic E-state index is 0.0580. The SMILES string of the molecule is CC(C)(C)OC(=O)NCCC(=O)Nc1ccccc1NC(=O)c1ccc(-c2ccccc2)cc1. The van der Waals surface area contributed by atoms with Gasteiger partial charge in [0.15, 0.2) is 0 Å². The van der Waals surface area contributed by atoms with Crippen molar-refractivity contribution in [2.75, 3.05) is 17.2 Å². The van der Waals surface area contributed by atoms with Crippen LogP contribution in [0.25, 0.3) is 11.1 Å². The van der Waals surface area contributed by atoms with Crippen LogP contribution in [-0.4, -0.2) is 30.1 Å². The quantitative estimate of drug-likeness (QED) is 0.437. The Hall–Kier alpha value is -4.13. The van der Waals surface area contributed by atoms with Gasteiger partial charge in [-0.05, 0) is 56.2 Å². The predicted molar refractivity (Wildman–Crippen MR) is 134 cm³/mol. The molecule has 0 radical (unpaired) electrons. The van der Waals surface area contributed by atoms with Crippen LogP contribution in [0.4, 0.5) is 16.2 Å². The van der Waals surface area contributed by atoms with Crippen LogP contribution >= 0.6 is 0 Å². The first-order valence-electron chi connectivity index (χ1n) is 11.0. The Balaban J connectivity index is 1.57. The van der Waals surface area contributed by atoms with E-state index in [9.17, 15) is 14.4 Å². The standard InChI is InChI=1S/C27H29N3O4/c1-27(2,3)34-26(33)28-18-17-24(31)29-22-11-7-8-12-23(22)30-25(32)21-15-13-20(14-16-21)19-9-5-4-6-10-19/h4-16H,17-18H2,1-3H3,(H,28,33)(H,29,31)(H,30,32). The van der Waals surface area contributed by atoms with E-state index in [1.54, 1.807) is 57.2 Å². The van der Waals surface area contributed by atoms with Crippen LogP contribution in [-0.2, 0) is 9.53 Å². The molecule has 0 aromatic heterocycles. The molecule has 3 aromatic rings. The summed E-state index contributed by atoms with van der Waals surface area (Å²) < 4.78 is 5.15. The third-order valence-corrected chi connectivity index (χ3v) is 4.72. The highest BCUT2D eigenvalue weighted by Gasteiger charge is 2.16. The fourth-order valence-corrected chi connectivity index (χ4v) is 3.15. The van der Waals surface area contributed by atoms with Gasteiger partial charge in [-0.3, -0.25) is 9.59 Å². The molecule has 0 atom stereocenters. The molecule has 0 spiro atoms. The van der Waals surface area contributed by atoms with Crippen molar-refractivity contribution in [3.63, 3.8) is 0 Å². The molecule has 0 saturated carbocycles. The lowest BCUT2D eigenvalue weighted by Gasteiger charge is -2.19. The minimum Gasteiger partial charge on any atom is -0.444 e. The molecule has 0 bridgehead atoms. The minimum atomic E-state index is -0.606. The number of carbonyl (C=O) groups is 3. The molecule has 0 heterocycles. The van der Waals surface area contributed by atoms with Gasteiger partial charge in [0.25, 0.3) is 5.91 Å². The molecule has 3 rings (SSSR count). The Bertz CT molecular complexity index is 1140. The highest BCUT2D eigenvalue weighted by atomic mass is 16.6. The second-order valence-corrected chi connectivity index (χ2v) is 8.67. The van der Waals surface area contributed by atoms with Gasteiger partial charge in [-0.15, -0.1) is 0 Å². The average molecular weight is 460 g/mol. The summed E-state index contributed by atoms with van der Waals surface area (Å²) in [5.74, 6) is -0.585. The number of hydrogen-bond acceptors (Lipinski definition) is 4. The molecule has 7 nitrogen and oxygen atoms in total. The molecule has 176 valence electrons. The third kappa shape index (κ3) is 7.48. The van der Waals surface area contributed by atoms with Crippen LogP contribution < -0.4 is 16.0 Å². The summed E-state index contributed by atoms with van der Waals surface area (Å²) in [6.45, 7) is 5.43. The molecule has 0 aliphatic rings. The maximum absolute atomic E-state index is 12.8. The van der Waals surface area contributed by atoms with E-state index >= 15 is 0 Å². The number of rotatable bonds is 7. The van der Waals surface area contributed by atoms with E-state index in [2.05, 4.69) is 16.0 Å². The summed E-state index contributed by atoms with van der Waals surface area (Å²) >= 11 is 0. The van der Waals surface area contributed by atoms with Crippen molar-refractivity contribution in [1.29, 1.82) is 0 Å². The molecule has 3 amide bonds. The van der Waals surface area contributed by atoms with E-state index in [1.807, 2.05) is 42.5 Å². The Morgan fingerprint density at radius 2 is 1.29 bits per heavy atom. The van der Waals surface area contributed by atoms with E-state index in [0.717, 1.165) is 11.1 Å². The van der Waals surface area contributed by atoms with Crippen LogP contribution in [0, 0.1) is 0 Å². The average Bonchev–Trinajstić information content (AvgIpc) is 2.80. The van der Waals surface area contributed by atoms with Gasteiger partial charge in [-0.1, -0.05) is 54.6 Å². The van der Waals surface area contributed by atoms with Gasteiger partial charge in [0.2, 0.25) is 5.91 Å². The smallest absolute Gasteiger partial charge is 0.407 e. The fraction of sp³-hybridized carbons (Fsp3) is 0.222. The first-order valence-corrected chi connectivity index (χ1v) is 11.0. The molecule has 7 heteroatoms. The van der Waals surface area contributed by atoms with Crippen LogP contribution in [0.5, 0.6) is 0 Å². The Kier molecular flexibility index (Phi) is 8.03. The summed E-state index contributed by atoms with van der Waals surface area (Å²) in [4.78, 5) is 36.8. The van der Waals surface area contributed by atoms with E-state index in [1.165, 1.54) is 0 Å². The van der Waals surface area contributed by atoms with Crippen LogP contribution in [0.2, 0.25) is 0 Å². The Morgan fingerprint density at radius 3 is 1.91 bits per heavy atom. The molecular formula is C27H29N3O4. The molecule has 0 aliphatic heterocycles. The number of hydrogen-bond donors (Lipinski definition) is 3. The normalized spacial score (nSPS) is 10.8. The zero-order valence-electron chi connectivity index (χ0n) is 19.6. The molecule has 0 aliphatic carbocycles. The lowest BCUT2D eigenvalue weighted by atomic mass is 10.0. The first-order chi connectivity index (χ1) is 16.2. The molecule has 34 heavy (non-hydrogen) atoms. The second-order valence-electron chi connectivity index (χ2n) is 8.67. The third-order valence-electron chi connectivity index (χ3n) is 4.72. The molecule has 3 N–H and O–H groups in total. The Morgan fingerprint density at radius 1 is 0.735 bits per heavy atom. The lowest BCUT2D eigenvalue weighted by molar-refractivity contribution is -0.116. The highest BCUT2D eigenvalue weighted by Crippen LogP contribution is 2.23. The summed E-state index contributed by atoms with van der Waals surface area (Å²) in [7, 11) is 0. The number of nitrogens with one attached hydrogen (secondary N) is 3. The van der Waals surface area contributed by atoms with Gasteiger partial charge >= 0.3 is 6.09 Å². The van der Waals surface area contributed by atoms with Gasteiger partial charge in [0, 0.05) is 18.5 Å². The summed E-state index contributed by atoms with van der Waals surface area (Å²) in [6, 6.07) is 24.2. The van der Waals surface area contributed by atoms with Crippen molar-refractivity contribution in [2.45, 2.75) is 32.8 Å². The topological polar surface area (TPSA) is 96.5 Å². The van der Waals surface area contributed by atoms with E-state index in [4.69, 9.17) is 4.74 Å². The number of ether oxygens (including phenoxy) is 1. The summed E-state index contributed by atoms with van der Waals surface area (Å²) in [5, 5.41) is 8.17. The van der Waals surface area contributed by atoms with Crippen molar-refractivity contribution in [3.05, 3.63) is 84.4 Å². The van der Waals surface area contributed by atoms with Gasteiger partial charge < -0.3 is 20.7 Å². The zero-order chi connectivity index (χ0) is 24.6. The van der Waals surface area contributed by atoms with E-state index < -0.39 is 11.7 Å². The van der Waals surface area contributed by atoms with Crippen LogP contribution in [0.1, 0.15) is 37.6 Å². The van der Waals surface area contributed by atoms with Gasteiger partial charge in [0.1, 0.15) is 5.60 Å². The maximum Gasteiger partial charge on any atom is 0.407 e. The van der Waals surface area contributed by atoms with Crippen molar-refractivity contribution in [1.82, 2.24) is 5.32 Å². The predicted octanol–water partition coefficient (Wildman–Crippen LogP) is 5.46. The van der Waals surface area contributed by atoms with E-state index in [-0.39, 0.29) is 24.8 Å². The monoisotopic (exact) mass is 459 g/mol. The van der Waals surface area contributed by atoms with Crippen LogP contribution in [0.15, 0.2) is 78.9 Å². The largest absolute Gasteiger partial charge is 0.444 e. The van der Waals surface area contributed by atoms with Crippen molar-refractivity contribution in [2.24, 2.45) is 0 Å². The first kappa shape index (κ1) is 24.5. The van der Waals surface area contributed by atoms with Gasteiger partial charge in [-0.25, -0.2) is 4.79 Å². The number of benzene rings is 3. The van der Waals surface area contributed by atoms with Gasteiger partial charge in [-0.2, -0.15) is 0 Å². The maximum atomic E-state index is 12.8. The lowest BCUT2D eigenvalue weighted by Crippen LogP contribution is -2.34. The number of carbonyl (C=O) groups excluding carboxylic acids is 3. The molecule has 0 fully saturated rings. The molecule has 3 aromatic carbocycles. The zero-order valence-corrected chi connectivity index (χ0v) is 19.6. The number of para-hydroxylation sites is 2. The fourth-order valence-electron chi connectivity index (χ4n) is 3.15. The Labute approximate surface area is 199 Å².